The molecular weight excluding hydrogens is 1090 g/mol. The van der Waals surface area contributed by atoms with Gasteiger partial charge in [-0.1, -0.05) is 136 Å². The van der Waals surface area contributed by atoms with Crippen LogP contribution in [-0.2, 0) is 9.47 Å². The van der Waals surface area contributed by atoms with Gasteiger partial charge in [0.2, 0.25) is 11.2 Å². The summed E-state index contributed by atoms with van der Waals surface area (Å²) >= 11 is 6.17. The van der Waals surface area contributed by atoms with Gasteiger partial charge < -0.3 is 40.0 Å². The van der Waals surface area contributed by atoms with E-state index >= 15 is 0 Å². The molecule has 4 aliphatic rings. The number of imidazole rings is 2. The maximum absolute atomic E-state index is 6.87. The van der Waals surface area contributed by atoms with Crippen LogP contribution in [0.3, 0.4) is 0 Å². The van der Waals surface area contributed by atoms with Gasteiger partial charge in [-0.05, 0) is 158 Å². The minimum atomic E-state index is -2.01. The van der Waals surface area contributed by atoms with E-state index in [0.29, 0.717) is 51.3 Å². The molecule has 0 bridgehead atoms. The monoisotopic (exact) mass is 1200 g/mol. The molecule has 0 radical (unpaired) electrons. The summed E-state index contributed by atoms with van der Waals surface area (Å²) < 4.78 is 29.4. The van der Waals surface area contributed by atoms with E-state index in [1.54, 1.807) is 6.33 Å². The van der Waals surface area contributed by atoms with Crippen molar-refractivity contribution in [2.24, 2.45) is 0 Å². The second kappa shape index (κ2) is 30.9. The first-order valence-electron chi connectivity index (χ1n) is 30.9. The third-order valence-corrected chi connectivity index (χ3v) is 29.8. The lowest BCUT2D eigenvalue weighted by atomic mass is 9.95. The lowest BCUT2D eigenvalue weighted by molar-refractivity contribution is -0.0299. The molecule has 6 aromatic rings. The fraction of sp³-hybridized carbons (Fsp3) is 0.656. The van der Waals surface area contributed by atoms with E-state index in [-0.39, 0.29) is 32.6 Å². The van der Waals surface area contributed by atoms with Gasteiger partial charge in [-0.15, -0.1) is 0 Å². The average molecular weight is 1200 g/mol. The molecular formula is C64H105ClN12O4Si2. The highest BCUT2D eigenvalue weighted by Gasteiger charge is 2.48. The number of anilines is 5. The summed E-state index contributed by atoms with van der Waals surface area (Å²) in [5.74, 6) is 4.02. The third-order valence-electron chi connectivity index (χ3n) is 17.6. The van der Waals surface area contributed by atoms with Gasteiger partial charge in [0.1, 0.15) is 24.0 Å². The molecule has 6 heterocycles. The molecule has 2 unspecified atom stereocenters. The molecule has 5 N–H and O–H groups in total. The lowest BCUT2D eigenvalue weighted by Gasteiger charge is -2.42. The molecule has 0 spiro atoms. The fourth-order valence-corrected chi connectivity index (χ4v) is 24.3. The zero-order valence-electron chi connectivity index (χ0n) is 50.9. The molecule has 2 aliphatic heterocycles. The summed E-state index contributed by atoms with van der Waals surface area (Å²) in [6.45, 7) is 29.2. The van der Waals surface area contributed by atoms with Crippen molar-refractivity contribution in [3.63, 3.8) is 0 Å². The number of ether oxygens (including phenoxy) is 2. The van der Waals surface area contributed by atoms with Crippen LogP contribution in [0.15, 0.2) is 61.2 Å². The minimum absolute atomic E-state index is 0. The first kappa shape index (κ1) is 67.1. The largest absolute Gasteiger partial charge is 0.543 e. The van der Waals surface area contributed by atoms with Gasteiger partial charge in [0.15, 0.2) is 34.0 Å². The molecule has 83 heavy (non-hydrogen) atoms. The molecule has 2 atom stereocenters. The second-order valence-corrected chi connectivity index (χ2v) is 36.1. The van der Waals surface area contributed by atoms with Crippen LogP contribution in [-0.4, -0.2) is 81.0 Å². The van der Waals surface area contributed by atoms with Gasteiger partial charge in [-0.2, -0.15) is 19.9 Å². The molecule has 10 rings (SSSR count). The number of hydrogen-bond donors (Lipinski definition) is 4. The predicted octanol–water partition coefficient (Wildman–Crippen LogP) is 18.6. The number of benzene rings is 2. The van der Waals surface area contributed by atoms with E-state index < -0.39 is 16.6 Å². The standard InChI is InChI=1S/C31H48N6O2Si.C16H22ClN5O.C15H27NOSi.2CH4/c1-21(2)40(22(3)4,23(5)6)39-26-17-15-25(16-18-26)34-31-35-29(33-24-12-8-7-9-13-24)28-30(36-31)37(20-32-28)27-14-10-11-19-38-27;17-16-20-14(19-11-6-2-1-3-7-11)13-15(21-16)22(10-18-13)12-8-4-5-9-23-12;1-11(2)18(12(3)4,13(5)6)17-15-9-7-14(16)8-10-15;;/h15-18,20-24,27H,7-14,19H2,1-6H3,(H2,33,34,35,36);10-12H,1-9H2,(H,19,20,21);7-13H,16H2,1-6H3;2*1H4. The van der Waals surface area contributed by atoms with Crippen molar-refractivity contribution in [1.82, 2.24) is 39.0 Å². The topological polar surface area (TPSA) is 186 Å². The minimum Gasteiger partial charge on any atom is -0.543 e. The molecule has 0 amide bonds. The van der Waals surface area contributed by atoms with Crippen LogP contribution in [0.25, 0.3) is 22.3 Å². The van der Waals surface area contributed by atoms with Crippen molar-refractivity contribution in [3.8, 4) is 11.5 Å². The second-order valence-electron chi connectivity index (χ2n) is 25.0. The normalized spacial score (nSPS) is 18.3. The maximum atomic E-state index is 6.87. The Balaban J connectivity index is 0.000000218. The average Bonchev–Trinajstić information content (AvgIpc) is 3.30. The van der Waals surface area contributed by atoms with Crippen LogP contribution >= 0.6 is 11.6 Å². The highest BCUT2D eigenvalue weighted by atomic mass is 35.5. The highest BCUT2D eigenvalue weighted by molar-refractivity contribution is 6.78. The van der Waals surface area contributed by atoms with Gasteiger partial charge in [-0.25, -0.2) is 9.97 Å². The summed E-state index contributed by atoms with van der Waals surface area (Å²) in [6, 6.07) is 17.0. The van der Waals surface area contributed by atoms with Crippen LogP contribution in [0.2, 0.25) is 38.5 Å². The van der Waals surface area contributed by atoms with Crippen LogP contribution in [0.5, 0.6) is 11.5 Å². The number of aromatic nitrogens is 8. The summed E-state index contributed by atoms with van der Waals surface area (Å²) in [5, 5.41) is 11.0. The van der Waals surface area contributed by atoms with Crippen molar-refractivity contribution in [2.75, 3.05) is 34.9 Å². The van der Waals surface area contributed by atoms with Crippen LogP contribution in [0, 0.1) is 0 Å². The van der Waals surface area contributed by atoms with E-state index in [0.717, 1.165) is 121 Å². The zero-order valence-corrected chi connectivity index (χ0v) is 53.7. The Morgan fingerprint density at radius 1 is 0.506 bits per heavy atom. The number of halogens is 1. The first-order chi connectivity index (χ1) is 38.9. The molecule has 2 saturated heterocycles. The van der Waals surface area contributed by atoms with E-state index in [1.165, 1.54) is 51.4 Å². The number of rotatable bonds is 18. The van der Waals surface area contributed by atoms with Crippen molar-refractivity contribution in [2.45, 2.75) is 258 Å². The van der Waals surface area contributed by atoms with E-state index in [2.05, 4.69) is 143 Å². The Morgan fingerprint density at radius 2 is 0.892 bits per heavy atom. The number of nitrogens with one attached hydrogen (secondary N) is 3. The summed E-state index contributed by atoms with van der Waals surface area (Å²) in [7, 11) is -3.84. The van der Waals surface area contributed by atoms with E-state index in [1.807, 2.05) is 35.2 Å². The SMILES string of the molecule is C.C.CC(C)[Si](Oc1ccc(N)cc1)(C(C)C)C(C)C.CC(C)[Si](Oc1ccc(Nc2nc(NC3CCCCC3)c3ncn(C4CCCCO4)c3n2)cc1)(C(C)C)C(C)C.Clc1nc(NC2CCCCC2)c2ncn(C3CCCCO3)c2n1. The van der Waals surface area contributed by atoms with Crippen molar-refractivity contribution in [1.29, 1.82) is 0 Å². The van der Waals surface area contributed by atoms with Crippen molar-refractivity contribution >= 4 is 79.5 Å². The van der Waals surface area contributed by atoms with Crippen molar-refractivity contribution in [3.05, 3.63) is 66.5 Å². The number of hydrogen-bond acceptors (Lipinski definition) is 14. The van der Waals surface area contributed by atoms with Gasteiger partial charge in [0, 0.05) is 36.7 Å². The molecule has 2 aliphatic carbocycles. The molecule has 16 nitrogen and oxygen atoms in total. The molecule has 19 heteroatoms. The quantitative estimate of drug-likeness (QED) is 0.0362. The Morgan fingerprint density at radius 3 is 1.29 bits per heavy atom. The number of nitrogen functional groups attached to an aromatic ring is 1. The van der Waals surface area contributed by atoms with E-state index in [9.17, 15) is 0 Å². The number of fused-ring (bicyclic) bond motifs is 2. The summed E-state index contributed by atoms with van der Waals surface area (Å²) in [6.07, 6.45) is 22.5. The Labute approximate surface area is 505 Å². The molecule has 4 aromatic heterocycles. The van der Waals surface area contributed by atoms with Crippen LogP contribution < -0.4 is 30.5 Å². The lowest BCUT2D eigenvalue weighted by Crippen LogP contribution is -2.50. The Kier molecular flexibility index (Phi) is 25.0. The predicted molar refractivity (Wildman–Crippen MR) is 352 cm³/mol. The first-order valence-corrected chi connectivity index (χ1v) is 35.6. The van der Waals surface area contributed by atoms with Gasteiger partial charge in [-0.3, -0.25) is 9.13 Å². The van der Waals surface area contributed by atoms with Gasteiger partial charge in [0.25, 0.3) is 16.6 Å². The zero-order chi connectivity index (χ0) is 57.8. The van der Waals surface area contributed by atoms with Gasteiger partial charge >= 0.3 is 0 Å². The molecule has 2 aromatic carbocycles. The molecule has 4 fully saturated rings. The Hall–Kier alpha value is -5.02. The summed E-state index contributed by atoms with van der Waals surface area (Å²) in [4.78, 5) is 27.9. The summed E-state index contributed by atoms with van der Waals surface area (Å²) in [5.41, 5.74) is 14.0. The van der Waals surface area contributed by atoms with Crippen LogP contribution in [0.4, 0.5) is 29.0 Å². The van der Waals surface area contributed by atoms with Crippen LogP contribution in [0.1, 0.15) is 213 Å². The Bertz CT molecular complexity index is 2830. The third kappa shape index (κ3) is 16.3. The number of nitrogens with two attached hydrogens (primary N) is 1. The van der Waals surface area contributed by atoms with E-state index in [4.69, 9.17) is 50.6 Å². The highest BCUT2D eigenvalue weighted by Crippen LogP contribution is 2.45. The smallest absolute Gasteiger partial charge is 0.258 e. The van der Waals surface area contributed by atoms with Gasteiger partial charge in [0.05, 0.1) is 12.7 Å². The fourth-order valence-electron chi connectivity index (χ4n) is 13.6. The van der Waals surface area contributed by atoms with Crippen molar-refractivity contribution < 1.29 is 18.3 Å². The maximum Gasteiger partial charge on any atom is 0.258 e. The number of nitrogens with zero attached hydrogens (tertiary/aromatic N) is 8. The molecule has 460 valence electrons. The molecule has 2 saturated carbocycles.